The van der Waals surface area contributed by atoms with E-state index in [0.717, 1.165) is 13.6 Å². The highest BCUT2D eigenvalue weighted by Crippen LogP contribution is 2.26. The number of benzene rings is 1. The number of carboxylic acid groups (broad SMARTS) is 1. The molecule has 0 bridgehead atoms. The Morgan fingerprint density at radius 1 is 1.35 bits per heavy atom. The molecule has 1 aromatic heterocycles. The average molecular weight is 404 g/mol. The van der Waals surface area contributed by atoms with Gasteiger partial charge in [0.25, 0.3) is 0 Å². The minimum absolute atomic E-state index is 0.122. The smallest absolute Gasteiger partial charge is 0.358 e. The van der Waals surface area contributed by atoms with Gasteiger partial charge in [-0.25, -0.2) is 9.48 Å². The van der Waals surface area contributed by atoms with Gasteiger partial charge >= 0.3 is 5.97 Å². The molecule has 0 fully saturated rings. The van der Waals surface area contributed by atoms with Gasteiger partial charge in [0.05, 0.1) is 11.9 Å². The number of carboxylic acids is 1. The molecule has 0 unspecified atom stereocenters. The van der Waals surface area contributed by atoms with Crippen LogP contribution in [0.3, 0.4) is 0 Å². The van der Waals surface area contributed by atoms with Crippen LogP contribution in [0.25, 0.3) is 0 Å². The summed E-state index contributed by atoms with van der Waals surface area (Å²) >= 11 is 6.64. The van der Waals surface area contributed by atoms with E-state index >= 15 is 0 Å². The van der Waals surface area contributed by atoms with Crippen molar-refractivity contribution < 1.29 is 14.7 Å². The third-order valence-electron chi connectivity index (χ3n) is 2.27. The number of nitrogens with one attached hydrogen (secondary N) is 1. The molecule has 0 atom stereocenters. The summed E-state index contributed by atoms with van der Waals surface area (Å²) < 4.78 is 2.76. The molecule has 2 N–H and O–H groups in total. The highest BCUT2D eigenvalue weighted by atomic mass is 79.9. The standard InChI is InChI=1S/C11H8Br2N4O3/c12-6-1-2-8(7(13)3-6)14-10(18)5-17-4-9(11(19)20)15-16-17/h1-4H,5H2,(H,14,18)(H,19,20). The number of carbonyl (C=O) groups excluding carboxylic acids is 1. The zero-order chi connectivity index (χ0) is 14.7. The maximum absolute atomic E-state index is 11.8. The van der Waals surface area contributed by atoms with E-state index in [9.17, 15) is 9.59 Å². The highest BCUT2D eigenvalue weighted by molar-refractivity contribution is 9.11. The normalized spacial score (nSPS) is 10.3. The predicted octanol–water partition coefficient (Wildman–Crippen LogP) is 2.14. The van der Waals surface area contributed by atoms with E-state index in [1.165, 1.54) is 6.20 Å². The molecule has 0 saturated heterocycles. The van der Waals surface area contributed by atoms with Crippen molar-refractivity contribution in [2.24, 2.45) is 0 Å². The SMILES string of the molecule is O=C(Cn1cc(C(=O)O)nn1)Nc1ccc(Br)cc1Br. The Balaban J connectivity index is 2.03. The summed E-state index contributed by atoms with van der Waals surface area (Å²) in [5.74, 6) is -1.53. The molecule has 1 heterocycles. The van der Waals surface area contributed by atoms with Crippen LogP contribution >= 0.6 is 31.9 Å². The summed E-state index contributed by atoms with van der Waals surface area (Å²) in [6.07, 6.45) is 1.19. The van der Waals surface area contributed by atoms with Gasteiger partial charge in [-0.3, -0.25) is 4.79 Å². The van der Waals surface area contributed by atoms with E-state index in [0.29, 0.717) is 5.69 Å². The molecule has 2 aromatic rings. The molecule has 1 aromatic carbocycles. The Morgan fingerprint density at radius 3 is 2.70 bits per heavy atom. The summed E-state index contributed by atoms with van der Waals surface area (Å²) in [5.41, 5.74) is 0.402. The number of aromatic nitrogens is 3. The average Bonchev–Trinajstić information content (AvgIpc) is 2.81. The predicted molar refractivity (Wildman–Crippen MR) is 77.5 cm³/mol. The third kappa shape index (κ3) is 3.64. The van der Waals surface area contributed by atoms with Crippen molar-refractivity contribution in [3.63, 3.8) is 0 Å². The van der Waals surface area contributed by atoms with Crippen LogP contribution in [-0.4, -0.2) is 32.0 Å². The number of nitrogens with zero attached hydrogens (tertiary/aromatic N) is 3. The van der Waals surface area contributed by atoms with Gasteiger partial charge in [-0.2, -0.15) is 0 Å². The number of aromatic carboxylic acids is 1. The van der Waals surface area contributed by atoms with Gasteiger partial charge in [0.15, 0.2) is 5.69 Å². The monoisotopic (exact) mass is 402 g/mol. The van der Waals surface area contributed by atoms with E-state index < -0.39 is 5.97 Å². The van der Waals surface area contributed by atoms with Crippen LogP contribution in [-0.2, 0) is 11.3 Å². The molecule has 7 nitrogen and oxygen atoms in total. The molecule has 0 saturated carbocycles. The fraction of sp³-hybridized carbons (Fsp3) is 0.0909. The summed E-state index contributed by atoms with van der Waals surface area (Å²) in [5, 5.41) is 18.4. The van der Waals surface area contributed by atoms with Crippen LogP contribution in [0.4, 0.5) is 5.69 Å². The summed E-state index contributed by atoms with van der Waals surface area (Å²) in [4.78, 5) is 22.5. The second-order valence-electron chi connectivity index (χ2n) is 3.78. The van der Waals surface area contributed by atoms with Crippen molar-refractivity contribution in [2.75, 3.05) is 5.32 Å². The van der Waals surface area contributed by atoms with E-state index in [4.69, 9.17) is 5.11 Å². The molecule has 9 heteroatoms. The zero-order valence-corrected chi connectivity index (χ0v) is 13.0. The first kappa shape index (κ1) is 14.7. The van der Waals surface area contributed by atoms with Crippen molar-refractivity contribution in [1.29, 1.82) is 0 Å². The molecule has 20 heavy (non-hydrogen) atoms. The van der Waals surface area contributed by atoms with Gasteiger partial charge in [0, 0.05) is 8.95 Å². The number of carbonyl (C=O) groups is 2. The first-order valence-corrected chi connectivity index (χ1v) is 6.92. The van der Waals surface area contributed by atoms with Crippen LogP contribution in [0.5, 0.6) is 0 Å². The zero-order valence-electron chi connectivity index (χ0n) is 9.88. The van der Waals surface area contributed by atoms with E-state index in [1.807, 2.05) is 0 Å². The van der Waals surface area contributed by atoms with Gasteiger partial charge in [-0.05, 0) is 34.1 Å². The summed E-state index contributed by atoms with van der Waals surface area (Å²) in [6, 6.07) is 5.32. The summed E-state index contributed by atoms with van der Waals surface area (Å²) in [7, 11) is 0. The van der Waals surface area contributed by atoms with Crippen molar-refractivity contribution in [3.8, 4) is 0 Å². The van der Waals surface area contributed by atoms with Gasteiger partial charge in [0.1, 0.15) is 6.54 Å². The van der Waals surface area contributed by atoms with E-state index in [-0.39, 0.29) is 18.1 Å². The Morgan fingerprint density at radius 2 is 2.10 bits per heavy atom. The molecule has 104 valence electrons. The van der Waals surface area contributed by atoms with Gasteiger partial charge in [-0.1, -0.05) is 21.1 Å². The summed E-state index contributed by atoms with van der Waals surface area (Å²) in [6.45, 7) is -0.122. The van der Waals surface area contributed by atoms with Crippen LogP contribution in [0, 0.1) is 0 Å². The molecule has 1 amide bonds. The Hall–Kier alpha value is -1.74. The molecular weight excluding hydrogens is 396 g/mol. The molecular formula is C11H8Br2N4O3. The van der Waals surface area contributed by atoms with Crippen molar-refractivity contribution in [3.05, 3.63) is 39.0 Å². The number of hydrogen-bond acceptors (Lipinski definition) is 4. The van der Waals surface area contributed by atoms with Crippen LogP contribution in [0.1, 0.15) is 10.5 Å². The molecule has 0 aliphatic rings. The molecule has 0 aliphatic carbocycles. The number of amides is 1. The fourth-order valence-electron chi connectivity index (χ4n) is 1.40. The topological polar surface area (TPSA) is 97.1 Å². The van der Waals surface area contributed by atoms with Crippen molar-refractivity contribution >= 4 is 49.4 Å². The molecule has 0 spiro atoms. The number of anilines is 1. The first-order chi connectivity index (χ1) is 9.45. The maximum Gasteiger partial charge on any atom is 0.358 e. The van der Waals surface area contributed by atoms with Crippen molar-refractivity contribution in [2.45, 2.75) is 6.54 Å². The maximum atomic E-state index is 11.8. The van der Waals surface area contributed by atoms with Gasteiger partial charge in [0.2, 0.25) is 5.91 Å². The minimum Gasteiger partial charge on any atom is -0.476 e. The van der Waals surface area contributed by atoms with Crippen molar-refractivity contribution in [1.82, 2.24) is 15.0 Å². The number of rotatable bonds is 4. The van der Waals surface area contributed by atoms with Crippen LogP contribution < -0.4 is 5.32 Å². The largest absolute Gasteiger partial charge is 0.476 e. The second-order valence-corrected chi connectivity index (χ2v) is 5.55. The van der Waals surface area contributed by atoms with Crippen LogP contribution in [0.2, 0.25) is 0 Å². The van der Waals surface area contributed by atoms with E-state index in [1.54, 1.807) is 18.2 Å². The lowest BCUT2D eigenvalue weighted by Gasteiger charge is -2.07. The molecule has 0 radical (unpaired) electrons. The second kappa shape index (κ2) is 6.14. The quantitative estimate of drug-likeness (QED) is 0.814. The number of halogens is 2. The first-order valence-electron chi connectivity index (χ1n) is 5.34. The lowest BCUT2D eigenvalue weighted by molar-refractivity contribution is -0.116. The van der Waals surface area contributed by atoms with E-state index in [2.05, 4.69) is 47.5 Å². The molecule has 0 aliphatic heterocycles. The fourth-order valence-corrected chi connectivity index (χ4v) is 2.55. The lowest BCUT2D eigenvalue weighted by atomic mass is 10.3. The Kier molecular flexibility index (Phi) is 4.50. The third-order valence-corrected chi connectivity index (χ3v) is 3.42. The Bertz CT molecular complexity index is 671. The highest BCUT2D eigenvalue weighted by Gasteiger charge is 2.11. The minimum atomic E-state index is -1.19. The van der Waals surface area contributed by atoms with Gasteiger partial charge in [-0.15, -0.1) is 5.10 Å². The number of hydrogen-bond donors (Lipinski definition) is 2. The van der Waals surface area contributed by atoms with Crippen LogP contribution in [0.15, 0.2) is 33.3 Å². The Labute approximate surface area is 130 Å². The molecule has 2 rings (SSSR count). The lowest BCUT2D eigenvalue weighted by Crippen LogP contribution is -2.19. The van der Waals surface area contributed by atoms with Gasteiger partial charge < -0.3 is 10.4 Å².